The quantitative estimate of drug-likeness (QED) is 0.0649. The molecule has 584 valence electrons. The lowest BCUT2D eigenvalue weighted by Gasteiger charge is -2.36. The third kappa shape index (κ3) is 23.4. The fourth-order valence-electron chi connectivity index (χ4n) is 14.0. The number of allylic oxidation sites excluding steroid dienone is 1. The Balaban J connectivity index is 1.34. The van der Waals surface area contributed by atoms with E-state index in [4.69, 9.17) is 40.5 Å². The molecule has 0 spiro atoms. The molecule has 0 bridgehead atoms. The number of aliphatic hydroxyl groups is 3. The molecule has 2 fully saturated rings. The van der Waals surface area contributed by atoms with Crippen LogP contribution in [0.3, 0.4) is 0 Å². The van der Waals surface area contributed by atoms with E-state index in [0.29, 0.717) is 40.1 Å². The maximum atomic E-state index is 15.7. The molecule has 29 heteroatoms. The van der Waals surface area contributed by atoms with Gasteiger partial charge in [0.05, 0.1) is 31.4 Å². The van der Waals surface area contributed by atoms with E-state index in [9.17, 15) is 58.8 Å². The van der Waals surface area contributed by atoms with Gasteiger partial charge in [0.15, 0.2) is 17.3 Å². The highest BCUT2D eigenvalue weighted by atomic mass is 35.5. The minimum Gasteiger partial charge on any atom is -0.480 e. The van der Waals surface area contributed by atoms with Crippen LogP contribution in [-0.4, -0.2) is 193 Å². The van der Waals surface area contributed by atoms with Gasteiger partial charge in [-0.1, -0.05) is 142 Å². The fraction of sp³-hybridized carbons (Fsp3) is 0.506. The number of nitrogens with zero attached hydrogens (tertiary/aromatic N) is 2. The molecule has 15 atom stereocenters. The normalized spacial score (nSPS) is 26.2. The maximum absolute atomic E-state index is 15.7. The zero-order valence-corrected chi connectivity index (χ0v) is 64.1. The zero-order chi connectivity index (χ0) is 79.4. The van der Waals surface area contributed by atoms with Gasteiger partial charge >= 0.3 is 5.97 Å². The number of fused-ring (bicyclic) bond motifs is 1. The van der Waals surface area contributed by atoms with Crippen LogP contribution in [-0.2, 0) is 88.0 Å². The topological polar surface area (TPSA) is 408 Å². The number of benzene rings is 4. The van der Waals surface area contributed by atoms with Gasteiger partial charge in [-0.25, -0.2) is 4.79 Å². The van der Waals surface area contributed by atoms with Crippen LogP contribution in [0, 0.1) is 29.6 Å². The van der Waals surface area contributed by atoms with Crippen molar-refractivity contribution in [1.29, 1.82) is 0 Å². The van der Waals surface area contributed by atoms with E-state index < -0.39 is 218 Å². The second-order valence-electron chi connectivity index (χ2n) is 28.9. The molecule has 26 nitrogen and oxygen atoms in total. The number of hydrogen-bond donors (Lipinski definition) is 11. The number of aliphatic hydroxyl groups excluding tert-OH is 3. The van der Waals surface area contributed by atoms with Gasteiger partial charge in [0.25, 0.3) is 0 Å². The first-order chi connectivity index (χ1) is 51.2. The van der Waals surface area contributed by atoms with Crippen LogP contribution in [0.2, 0.25) is 15.1 Å². The molecule has 1 aliphatic carbocycles. The number of carboxylic acids is 1. The van der Waals surface area contributed by atoms with Crippen LogP contribution in [0.15, 0.2) is 103 Å². The van der Waals surface area contributed by atoms with E-state index in [1.807, 2.05) is 24.3 Å². The number of amides is 8. The Hall–Kier alpha value is -8.76. The summed E-state index contributed by atoms with van der Waals surface area (Å²) in [5.74, 6) is -17.2. The second kappa shape index (κ2) is 40.1. The van der Waals surface area contributed by atoms with E-state index in [1.165, 1.54) is 20.9 Å². The molecule has 4 aromatic rings. The van der Waals surface area contributed by atoms with Gasteiger partial charge in [-0.15, -0.1) is 0 Å². The van der Waals surface area contributed by atoms with E-state index in [0.717, 1.165) is 20.9 Å². The average molecular weight is 1550 g/mol. The maximum Gasteiger partial charge on any atom is 0.326 e. The number of likely N-dealkylation sites (tertiary alicyclic amines) is 1. The minimum atomic E-state index is -2.52. The predicted molar refractivity (Wildman–Crippen MR) is 404 cm³/mol. The third-order valence-corrected chi connectivity index (χ3v) is 21.8. The molecule has 8 amide bonds. The lowest BCUT2D eigenvalue weighted by molar-refractivity contribution is -0.150. The summed E-state index contributed by atoms with van der Waals surface area (Å²) in [5.41, 5.74) is 8.12. The van der Waals surface area contributed by atoms with E-state index in [2.05, 4.69) is 31.9 Å². The molecule has 4 aromatic carbocycles. The number of carbonyl (C=O) groups excluding carboxylic acids is 12. The monoisotopic (exact) mass is 1550 g/mol. The molecular weight excluding hydrogens is 1450 g/mol. The highest BCUT2D eigenvalue weighted by molar-refractivity contribution is 6.31. The highest BCUT2D eigenvalue weighted by Crippen LogP contribution is 2.33. The van der Waals surface area contributed by atoms with Crippen molar-refractivity contribution >= 4 is 117 Å². The van der Waals surface area contributed by atoms with Gasteiger partial charge in [0, 0.05) is 91.4 Å². The molecule has 2 aliphatic heterocycles. The van der Waals surface area contributed by atoms with Gasteiger partial charge < -0.3 is 67.9 Å². The van der Waals surface area contributed by atoms with Crippen molar-refractivity contribution in [3.05, 3.63) is 146 Å². The number of ketones is 4. The third-order valence-electron chi connectivity index (χ3n) is 21.1. The number of hydrogen-bond acceptors (Lipinski definition) is 17. The van der Waals surface area contributed by atoms with Gasteiger partial charge in [-0.2, -0.15) is 0 Å². The van der Waals surface area contributed by atoms with Crippen LogP contribution in [0.25, 0.3) is 5.57 Å². The Morgan fingerprint density at radius 1 is 0.630 bits per heavy atom. The van der Waals surface area contributed by atoms with Crippen molar-refractivity contribution in [2.75, 3.05) is 26.7 Å². The van der Waals surface area contributed by atoms with Crippen molar-refractivity contribution < 1.29 is 82.8 Å². The highest BCUT2D eigenvalue weighted by Gasteiger charge is 2.47. The Morgan fingerprint density at radius 2 is 1.25 bits per heavy atom. The summed E-state index contributed by atoms with van der Waals surface area (Å²) in [5, 5.41) is 60.4. The Kier molecular flexibility index (Phi) is 32.1. The number of nitrogens with one attached hydrogen (secondary N) is 6. The molecule has 0 saturated carbocycles. The fourth-order valence-corrected chi connectivity index (χ4v) is 14.5. The molecule has 0 unspecified atom stereocenters. The van der Waals surface area contributed by atoms with Crippen LogP contribution < -0.4 is 37.6 Å². The largest absolute Gasteiger partial charge is 0.480 e. The summed E-state index contributed by atoms with van der Waals surface area (Å²) in [6, 6.07) is 15.4. The van der Waals surface area contributed by atoms with E-state index in [1.54, 1.807) is 107 Å². The lowest BCUT2D eigenvalue weighted by atomic mass is 9.76. The summed E-state index contributed by atoms with van der Waals surface area (Å²) >= 11 is 19.3. The standard InChI is InChI=1S/C79H100Cl3N9O17/c1-8-43(3)59-39-57(95)41-84-74(103)69(44(4)9-2)88-73(102)62(42-92)85-68(99)38-52(76(105)91-30-14-21-63(91)78(107)108)26-29-65(96)53(31-48-15-12-18-55(81)32-48)37-67(98)79(83,46(6)94)40-66(97)64(35-47-22-27-54(80)28-23-47)90(7)77(106)61(34-49-16-13-19-56(82)33-49)87-72(101)60(86-75(104)70(45(5)93)89-71(59)100)36-51-25-24-50-17-10-11-20-58(50)51/h10-13,15-20,22-23,25,27-28,32-33,43-46,52-53,59-64,69-70,92-94H,8-9,14,21,24,26,29-31,34-42,83H2,1-7H3,(H,84,103)(H,85,99)(H,86,104)(H,87,101)(H,88,102)(H,89,100)(H,107,108)/t43-,44-,45+,46+,52-,53+,59-,60-,61-,62-,63-,64-,69-,70-,79+/m0/s1. The van der Waals surface area contributed by atoms with Crippen LogP contribution >= 0.6 is 34.8 Å². The van der Waals surface area contributed by atoms with Gasteiger partial charge in [-0.3, -0.25) is 57.5 Å². The second-order valence-corrected chi connectivity index (χ2v) is 30.2. The Morgan fingerprint density at radius 3 is 1.86 bits per heavy atom. The van der Waals surface area contributed by atoms with Crippen molar-refractivity contribution in [1.82, 2.24) is 41.7 Å². The number of nitrogens with two attached hydrogens (primary N) is 1. The molecule has 2 saturated heterocycles. The number of carbonyl (C=O) groups is 13. The minimum absolute atomic E-state index is 0.0330. The molecular formula is C79H100Cl3N9O17. The first kappa shape index (κ1) is 86.5. The van der Waals surface area contributed by atoms with Crippen LogP contribution in [0.1, 0.15) is 140 Å². The first-order valence-electron chi connectivity index (χ1n) is 36.6. The molecule has 108 heavy (non-hydrogen) atoms. The Bertz CT molecular complexity index is 3990. The average Bonchev–Trinajstić information content (AvgIpc) is 0.962. The van der Waals surface area contributed by atoms with Crippen LogP contribution in [0.4, 0.5) is 0 Å². The summed E-state index contributed by atoms with van der Waals surface area (Å²) in [6.45, 7) is 7.42. The van der Waals surface area contributed by atoms with Crippen molar-refractivity contribution in [2.24, 2.45) is 35.3 Å². The zero-order valence-electron chi connectivity index (χ0n) is 61.8. The number of aliphatic carboxylic acids is 1. The summed E-state index contributed by atoms with van der Waals surface area (Å²) < 4.78 is 0. The molecule has 0 aromatic heterocycles. The summed E-state index contributed by atoms with van der Waals surface area (Å²) in [7, 11) is 1.29. The van der Waals surface area contributed by atoms with E-state index >= 15 is 24.0 Å². The van der Waals surface area contributed by atoms with Crippen molar-refractivity contribution in [2.45, 2.75) is 198 Å². The molecule has 0 radical (unpaired) electrons. The SMILES string of the molecule is CC[C@H](C)[C@@H]1CC(=O)CNC(=O)[C@H]([C@@H](C)CC)NC(=O)[C@H](CO)NC(=O)C[C@@H](C(=O)N2CCC[C@H]2C(=O)O)CCC(=O)[C@H](Cc2cccc(Cl)c2)CC(=O)[C@](N)([C@@H](C)O)CC(=O)[C@H](Cc2ccc(Cl)cc2)N(C)C(=O)[C@H](Cc2cccc(Cl)c2)NC(=O)[C@H](CC2=CCc3ccccc32)NC(=O)[C@H]([C@@H](C)O)NC1=O. The van der Waals surface area contributed by atoms with Gasteiger partial charge in [-0.05, 0) is 134 Å². The van der Waals surface area contributed by atoms with E-state index in [-0.39, 0.29) is 61.5 Å². The smallest absolute Gasteiger partial charge is 0.326 e. The number of Topliss-reactive ketones (excluding diaryl/α,β-unsaturated/α-hetero) is 4. The summed E-state index contributed by atoms with van der Waals surface area (Å²) in [4.78, 5) is 192. The molecule has 3 aliphatic rings. The van der Waals surface area contributed by atoms with Crippen LogP contribution in [0.5, 0.6) is 0 Å². The number of carboxylic acid groups (broad SMARTS) is 1. The van der Waals surface area contributed by atoms with Crippen molar-refractivity contribution in [3.8, 4) is 0 Å². The summed E-state index contributed by atoms with van der Waals surface area (Å²) in [6.07, 6.45) is -5.16. The molecule has 7 rings (SSSR count). The molecule has 2 heterocycles. The molecule has 12 N–H and O–H groups in total. The lowest BCUT2D eigenvalue weighted by Crippen LogP contribution is -2.61. The van der Waals surface area contributed by atoms with Crippen molar-refractivity contribution in [3.63, 3.8) is 0 Å². The predicted octanol–water partition coefficient (Wildman–Crippen LogP) is 5.17. The number of rotatable bonds is 17. The number of likely N-dealkylation sites (N-methyl/N-ethyl adjacent to an activating group) is 1. The van der Waals surface area contributed by atoms with Gasteiger partial charge in [0.1, 0.15) is 47.6 Å². The Labute approximate surface area is 643 Å². The van der Waals surface area contributed by atoms with Gasteiger partial charge in [0.2, 0.25) is 47.3 Å². The first-order valence-corrected chi connectivity index (χ1v) is 37.8. The number of halogens is 3.